The second kappa shape index (κ2) is 4.89. The highest BCUT2D eigenvalue weighted by Crippen LogP contribution is 2.27. The predicted octanol–water partition coefficient (Wildman–Crippen LogP) is 2.15. The Kier molecular flexibility index (Phi) is 3.63. The Balaban J connectivity index is 2.05. The second-order valence-corrected chi connectivity index (χ2v) is 6.85. The third-order valence-corrected chi connectivity index (χ3v) is 4.76. The zero-order valence-corrected chi connectivity index (χ0v) is 12.5. The van der Waals surface area contributed by atoms with E-state index in [4.69, 9.17) is 0 Å². The predicted molar refractivity (Wildman–Crippen MR) is 74.2 cm³/mol. The molecular weight excluding hydrogens is 268 g/mol. The molecule has 0 spiro atoms. The molecule has 2 aromatic rings. The smallest absolute Gasteiger partial charge is 0.273 e. The van der Waals surface area contributed by atoms with E-state index in [-0.39, 0.29) is 11.1 Å². The summed E-state index contributed by atoms with van der Waals surface area (Å²) in [6, 6.07) is 0. The number of H-pyrrole nitrogens is 1. The van der Waals surface area contributed by atoms with Crippen LogP contribution in [0.5, 0.6) is 0 Å². The van der Waals surface area contributed by atoms with Gasteiger partial charge in [-0.25, -0.2) is 14.9 Å². The number of nitrogens with one attached hydrogen (secondary N) is 1. The van der Waals surface area contributed by atoms with Crippen molar-refractivity contribution in [2.45, 2.75) is 37.1 Å². The number of nitrogens with zero attached hydrogens (tertiary/aromatic N) is 3. The van der Waals surface area contributed by atoms with Crippen molar-refractivity contribution in [3.63, 3.8) is 0 Å². The highest BCUT2D eigenvalue weighted by Gasteiger charge is 2.18. The van der Waals surface area contributed by atoms with Crippen LogP contribution in [0.25, 0.3) is 0 Å². The molecule has 0 aromatic carbocycles. The quantitative estimate of drug-likeness (QED) is 0.877. The van der Waals surface area contributed by atoms with Gasteiger partial charge in [0, 0.05) is 23.6 Å². The van der Waals surface area contributed by atoms with Crippen LogP contribution < -0.4 is 5.69 Å². The molecule has 0 radical (unpaired) electrons. The molecule has 0 bridgehead atoms. The molecule has 0 fully saturated rings. The summed E-state index contributed by atoms with van der Waals surface area (Å²) in [5.74, 6) is 0.727. The van der Waals surface area contributed by atoms with Crippen molar-refractivity contribution in [2.24, 2.45) is 7.05 Å². The van der Waals surface area contributed by atoms with Crippen molar-refractivity contribution < 1.29 is 0 Å². The van der Waals surface area contributed by atoms with Crippen LogP contribution in [0.15, 0.2) is 15.3 Å². The SMILES string of the molecule is Cn1c(SCc2csc(C(C)(C)C)n2)n[nH]c1=O. The molecule has 1 N–H and O–H groups in total. The van der Waals surface area contributed by atoms with Gasteiger partial charge in [-0.3, -0.25) is 4.57 Å². The summed E-state index contributed by atoms with van der Waals surface area (Å²) in [5.41, 5.74) is 0.934. The van der Waals surface area contributed by atoms with Crippen molar-refractivity contribution in [3.8, 4) is 0 Å². The summed E-state index contributed by atoms with van der Waals surface area (Å²) in [6.45, 7) is 6.46. The van der Waals surface area contributed by atoms with Gasteiger partial charge in [0.05, 0.1) is 10.7 Å². The number of thioether (sulfide) groups is 1. The fourth-order valence-corrected chi connectivity index (χ4v) is 3.14. The lowest BCUT2D eigenvalue weighted by atomic mass is 9.98. The largest absolute Gasteiger partial charge is 0.343 e. The standard InChI is InChI=1S/C11H16N4OS2/c1-11(2,3)8-12-7(5-17-8)6-18-10-14-13-9(16)15(10)4/h5H,6H2,1-4H3,(H,13,16). The molecule has 2 heterocycles. The number of rotatable bonds is 3. The highest BCUT2D eigenvalue weighted by atomic mass is 32.2. The maximum Gasteiger partial charge on any atom is 0.343 e. The third-order valence-electron chi connectivity index (χ3n) is 2.38. The summed E-state index contributed by atoms with van der Waals surface area (Å²) in [4.78, 5) is 15.8. The topological polar surface area (TPSA) is 63.6 Å². The van der Waals surface area contributed by atoms with Gasteiger partial charge in [0.1, 0.15) is 0 Å². The minimum atomic E-state index is -0.189. The van der Waals surface area contributed by atoms with Gasteiger partial charge in [-0.15, -0.1) is 16.4 Å². The van der Waals surface area contributed by atoms with Crippen LogP contribution in [0.1, 0.15) is 31.5 Å². The van der Waals surface area contributed by atoms with Crippen molar-refractivity contribution in [1.29, 1.82) is 0 Å². The van der Waals surface area contributed by atoms with Gasteiger partial charge in [0.2, 0.25) is 0 Å². The lowest BCUT2D eigenvalue weighted by Crippen LogP contribution is -2.12. The van der Waals surface area contributed by atoms with E-state index in [0.29, 0.717) is 5.16 Å². The lowest BCUT2D eigenvalue weighted by molar-refractivity contribution is 0.584. The molecule has 0 aliphatic rings. The Labute approximate surface area is 114 Å². The van der Waals surface area contributed by atoms with E-state index < -0.39 is 0 Å². The maximum atomic E-state index is 11.2. The number of hydrogen-bond acceptors (Lipinski definition) is 5. The van der Waals surface area contributed by atoms with Crippen LogP contribution in [0.2, 0.25) is 0 Å². The normalized spacial score (nSPS) is 12.0. The van der Waals surface area contributed by atoms with Gasteiger partial charge < -0.3 is 0 Å². The summed E-state index contributed by atoms with van der Waals surface area (Å²) >= 11 is 3.19. The zero-order chi connectivity index (χ0) is 13.3. The maximum absolute atomic E-state index is 11.2. The molecule has 7 heteroatoms. The molecule has 2 aromatic heterocycles. The van der Waals surface area contributed by atoms with Gasteiger partial charge in [-0.05, 0) is 0 Å². The first-order valence-electron chi connectivity index (χ1n) is 5.57. The summed E-state index contributed by atoms with van der Waals surface area (Å²) in [5, 5.41) is 10.3. The van der Waals surface area contributed by atoms with Crippen molar-refractivity contribution in [3.05, 3.63) is 26.6 Å². The van der Waals surface area contributed by atoms with E-state index in [9.17, 15) is 4.79 Å². The minimum absolute atomic E-state index is 0.0901. The minimum Gasteiger partial charge on any atom is -0.273 e. The van der Waals surface area contributed by atoms with Crippen LogP contribution in [0.3, 0.4) is 0 Å². The van der Waals surface area contributed by atoms with Crippen LogP contribution >= 0.6 is 23.1 Å². The van der Waals surface area contributed by atoms with Crippen molar-refractivity contribution in [1.82, 2.24) is 19.7 Å². The second-order valence-electron chi connectivity index (χ2n) is 5.05. The van der Waals surface area contributed by atoms with E-state index in [2.05, 4.69) is 41.3 Å². The van der Waals surface area contributed by atoms with Gasteiger partial charge in [-0.2, -0.15) is 0 Å². The Bertz CT molecular complexity index is 591. The highest BCUT2D eigenvalue weighted by molar-refractivity contribution is 7.98. The van der Waals surface area contributed by atoms with Crippen LogP contribution in [0, 0.1) is 0 Å². The Hall–Kier alpha value is -1.08. The third kappa shape index (κ3) is 2.84. The van der Waals surface area contributed by atoms with Crippen LogP contribution in [-0.2, 0) is 18.2 Å². The van der Waals surface area contributed by atoms with E-state index in [0.717, 1.165) is 16.5 Å². The van der Waals surface area contributed by atoms with Crippen LogP contribution in [0.4, 0.5) is 0 Å². The fourth-order valence-electron chi connectivity index (χ4n) is 1.32. The first kappa shape index (κ1) is 13.4. The summed E-state index contributed by atoms with van der Waals surface area (Å²) in [6.07, 6.45) is 0. The molecule has 0 saturated heterocycles. The molecule has 0 atom stereocenters. The molecule has 0 amide bonds. The average molecular weight is 284 g/mol. The van der Waals surface area contributed by atoms with E-state index in [1.54, 1.807) is 18.4 Å². The lowest BCUT2D eigenvalue weighted by Gasteiger charge is -2.13. The van der Waals surface area contributed by atoms with E-state index >= 15 is 0 Å². The van der Waals surface area contributed by atoms with Gasteiger partial charge in [0.15, 0.2) is 5.16 Å². The molecule has 5 nitrogen and oxygen atoms in total. The monoisotopic (exact) mass is 284 g/mol. The first-order chi connectivity index (χ1) is 8.38. The average Bonchev–Trinajstić information content (AvgIpc) is 2.86. The zero-order valence-electron chi connectivity index (χ0n) is 10.9. The fraction of sp³-hybridized carbons (Fsp3) is 0.545. The number of hydrogen-bond donors (Lipinski definition) is 1. The molecular formula is C11H16N4OS2. The molecule has 98 valence electrons. The number of thiazole rings is 1. The Morgan fingerprint density at radius 3 is 2.72 bits per heavy atom. The summed E-state index contributed by atoms with van der Waals surface area (Å²) in [7, 11) is 1.70. The van der Waals surface area contributed by atoms with E-state index in [1.807, 2.05) is 0 Å². The molecule has 0 aliphatic carbocycles. The van der Waals surface area contributed by atoms with Crippen LogP contribution in [-0.4, -0.2) is 19.7 Å². The van der Waals surface area contributed by atoms with Crippen molar-refractivity contribution in [2.75, 3.05) is 0 Å². The molecule has 18 heavy (non-hydrogen) atoms. The molecule has 0 unspecified atom stereocenters. The van der Waals surface area contributed by atoms with Gasteiger partial charge in [0.25, 0.3) is 0 Å². The number of aromatic amines is 1. The molecule has 2 rings (SSSR count). The molecule has 0 aliphatic heterocycles. The van der Waals surface area contributed by atoms with E-state index in [1.165, 1.54) is 16.3 Å². The molecule has 0 saturated carbocycles. The first-order valence-corrected chi connectivity index (χ1v) is 7.43. The number of aromatic nitrogens is 4. The Morgan fingerprint density at radius 1 is 1.50 bits per heavy atom. The van der Waals surface area contributed by atoms with Gasteiger partial charge in [-0.1, -0.05) is 32.5 Å². The van der Waals surface area contributed by atoms with Crippen molar-refractivity contribution >= 4 is 23.1 Å². The Morgan fingerprint density at radius 2 is 2.22 bits per heavy atom. The summed E-state index contributed by atoms with van der Waals surface area (Å²) < 4.78 is 1.50. The van der Waals surface area contributed by atoms with Gasteiger partial charge >= 0.3 is 5.69 Å².